The molecule has 0 unspecified atom stereocenters. The lowest BCUT2D eigenvalue weighted by Crippen LogP contribution is -2.19. The van der Waals surface area contributed by atoms with E-state index in [1.807, 2.05) is 0 Å². The number of hydrogen-bond acceptors (Lipinski definition) is 8. The third-order valence-electron chi connectivity index (χ3n) is 6.01. The fourth-order valence-electron chi connectivity index (χ4n) is 3.92. The summed E-state index contributed by atoms with van der Waals surface area (Å²) < 4.78 is 0. The number of unbranched alkanes of at least 4 members (excludes halogenated alkanes) is 6. The molecule has 0 aliphatic carbocycles. The van der Waals surface area contributed by atoms with Gasteiger partial charge in [0.2, 0.25) is 0 Å². The van der Waals surface area contributed by atoms with Crippen LogP contribution < -0.4 is 10.6 Å². The molecule has 0 aromatic heterocycles. The number of hydrogen-bond donors (Lipinski definition) is 4. The van der Waals surface area contributed by atoms with Crippen LogP contribution in [0.15, 0.2) is 68.3 Å². The van der Waals surface area contributed by atoms with Crippen molar-refractivity contribution in [3.63, 3.8) is 0 Å². The summed E-state index contributed by atoms with van der Waals surface area (Å²) in [4.78, 5) is 34.5. The van der Waals surface area contributed by atoms with Crippen molar-refractivity contribution in [2.45, 2.75) is 44.9 Å². The molecule has 2 aliphatic rings. The Labute approximate surface area is 236 Å². The summed E-state index contributed by atoms with van der Waals surface area (Å²) in [6, 6.07) is 13.4. The molecule has 2 aromatic rings. The van der Waals surface area contributed by atoms with Crippen LogP contribution in [0.4, 0.5) is 0 Å². The second-order valence-electron chi connectivity index (χ2n) is 9.16. The zero-order valence-corrected chi connectivity index (χ0v) is 23.2. The molecule has 2 aromatic carbocycles. The second-order valence-corrected chi connectivity index (χ2v) is 11.2. The fraction of sp³-hybridized carbons (Fsp3) is 0.310. The Balaban J connectivity index is 1.04. The number of phenols is 2. The van der Waals surface area contributed by atoms with Gasteiger partial charge >= 0.3 is 0 Å². The van der Waals surface area contributed by atoms with E-state index in [1.54, 1.807) is 60.7 Å². The van der Waals surface area contributed by atoms with Crippen molar-refractivity contribution in [3.8, 4) is 11.5 Å². The summed E-state index contributed by atoms with van der Waals surface area (Å²) in [6.45, 7) is 1.39. The number of thioether (sulfide) groups is 2. The average Bonchev–Trinajstić information content (AvgIpc) is 3.45. The maximum Gasteiger partial charge on any atom is 0.264 e. The first kappa shape index (κ1) is 28.5. The zero-order chi connectivity index (χ0) is 27.5. The third-order valence-corrected chi connectivity index (χ3v) is 7.91. The van der Waals surface area contributed by atoms with Gasteiger partial charge in [0.15, 0.2) is 10.3 Å². The smallest absolute Gasteiger partial charge is 0.264 e. The first-order valence-corrected chi connectivity index (χ1v) is 14.7. The standard InChI is InChI=1S/C29H32N4O4S2/c34-22-12-8-20(9-13-22)18-24-26(36)32-28(38-24)30-16-6-4-2-1-3-5-7-17-31-29-33-27(37)25(39-29)19-21-10-14-23(35)15-11-21/h8-15,18-19,34-35H,1-7,16-17H2,(H,30,32,36)(H,31,33,37)/b24-18-,25-19-. The number of nitrogens with one attached hydrogen (secondary N) is 2. The van der Waals surface area contributed by atoms with E-state index in [4.69, 9.17) is 0 Å². The van der Waals surface area contributed by atoms with Gasteiger partial charge in [-0.2, -0.15) is 0 Å². The predicted octanol–water partition coefficient (Wildman–Crippen LogP) is 5.65. The van der Waals surface area contributed by atoms with Gasteiger partial charge < -0.3 is 20.8 Å². The lowest BCUT2D eigenvalue weighted by Gasteiger charge is -2.01. The van der Waals surface area contributed by atoms with E-state index in [0.717, 1.165) is 49.7 Å². The summed E-state index contributed by atoms with van der Waals surface area (Å²) >= 11 is 2.70. The molecule has 39 heavy (non-hydrogen) atoms. The summed E-state index contributed by atoms with van der Waals surface area (Å²) in [5.74, 6) is 0.111. The third kappa shape index (κ3) is 9.33. The summed E-state index contributed by atoms with van der Waals surface area (Å²) in [6.07, 6.45) is 11.3. The monoisotopic (exact) mass is 564 g/mol. The highest BCUT2D eigenvalue weighted by Gasteiger charge is 2.24. The number of nitrogens with zero attached hydrogens (tertiary/aromatic N) is 2. The Kier molecular flexibility index (Phi) is 10.7. The highest BCUT2D eigenvalue weighted by atomic mass is 32.2. The van der Waals surface area contributed by atoms with Crippen molar-refractivity contribution in [1.82, 2.24) is 10.6 Å². The molecule has 2 saturated heterocycles. The molecule has 0 saturated carbocycles. The highest BCUT2D eigenvalue weighted by Crippen LogP contribution is 2.27. The van der Waals surface area contributed by atoms with Gasteiger partial charge in [-0.1, -0.05) is 56.4 Å². The van der Waals surface area contributed by atoms with Crippen molar-refractivity contribution in [3.05, 3.63) is 69.5 Å². The topological polar surface area (TPSA) is 123 Å². The Morgan fingerprint density at radius 3 is 1.33 bits per heavy atom. The van der Waals surface area contributed by atoms with Crippen molar-refractivity contribution in [2.24, 2.45) is 9.98 Å². The van der Waals surface area contributed by atoms with E-state index in [9.17, 15) is 19.8 Å². The number of amides is 2. The van der Waals surface area contributed by atoms with E-state index in [2.05, 4.69) is 20.6 Å². The van der Waals surface area contributed by atoms with E-state index >= 15 is 0 Å². The maximum atomic E-state index is 12.2. The van der Waals surface area contributed by atoms with Crippen molar-refractivity contribution < 1.29 is 19.8 Å². The molecule has 4 N–H and O–H groups in total. The first-order chi connectivity index (χ1) is 19.0. The van der Waals surface area contributed by atoms with Crippen LogP contribution in [-0.4, -0.2) is 45.5 Å². The molecule has 204 valence electrons. The Hall–Kier alpha value is -3.50. The molecule has 0 bridgehead atoms. The molecule has 4 rings (SSSR count). The molecule has 2 aliphatic heterocycles. The number of amidine groups is 2. The van der Waals surface area contributed by atoms with Crippen molar-refractivity contribution in [1.29, 1.82) is 0 Å². The first-order valence-electron chi connectivity index (χ1n) is 13.0. The van der Waals surface area contributed by atoms with E-state index in [1.165, 1.54) is 29.9 Å². The van der Waals surface area contributed by atoms with Crippen molar-refractivity contribution >= 4 is 57.8 Å². The van der Waals surface area contributed by atoms with Gasteiger partial charge in [-0.3, -0.25) is 19.6 Å². The van der Waals surface area contributed by atoms with Crippen LogP contribution in [0.1, 0.15) is 56.1 Å². The minimum absolute atomic E-state index is 0.142. The van der Waals surface area contributed by atoms with Crippen LogP contribution in [0.25, 0.3) is 12.2 Å². The van der Waals surface area contributed by atoms with Gasteiger partial charge in [-0.15, -0.1) is 0 Å². The van der Waals surface area contributed by atoms with Crippen LogP contribution in [0.3, 0.4) is 0 Å². The lowest BCUT2D eigenvalue weighted by atomic mass is 10.1. The van der Waals surface area contributed by atoms with Crippen LogP contribution in [0, 0.1) is 0 Å². The molecular formula is C29H32N4O4S2. The van der Waals surface area contributed by atoms with Crippen LogP contribution >= 0.6 is 23.5 Å². The molecule has 0 spiro atoms. The number of aromatic hydroxyl groups is 2. The number of carbonyl (C=O) groups is 2. The van der Waals surface area contributed by atoms with Crippen LogP contribution in [-0.2, 0) is 9.59 Å². The summed E-state index contributed by atoms with van der Waals surface area (Å²) in [5, 5.41) is 25.7. The number of carbonyl (C=O) groups excluding carboxylic acids is 2. The van der Waals surface area contributed by atoms with Gasteiger partial charge in [0.05, 0.1) is 9.81 Å². The Morgan fingerprint density at radius 1 is 0.590 bits per heavy atom. The zero-order valence-electron chi connectivity index (χ0n) is 21.6. The highest BCUT2D eigenvalue weighted by molar-refractivity contribution is 8.19. The number of benzene rings is 2. The van der Waals surface area contributed by atoms with E-state index in [0.29, 0.717) is 33.2 Å². The minimum Gasteiger partial charge on any atom is -0.508 e. The van der Waals surface area contributed by atoms with E-state index < -0.39 is 0 Å². The second kappa shape index (κ2) is 14.6. The summed E-state index contributed by atoms with van der Waals surface area (Å²) in [5.41, 5.74) is 1.72. The molecule has 8 nitrogen and oxygen atoms in total. The molecule has 2 heterocycles. The quantitative estimate of drug-likeness (QED) is 0.195. The molecule has 0 atom stereocenters. The maximum absolute atomic E-state index is 12.2. The molecule has 2 amide bonds. The number of rotatable bonds is 12. The fourth-order valence-corrected chi connectivity index (χ4v) is 5.61. The molecule has 10 heteroatoms. The minimum atomic E-state index is -0.142. The average molecular weight is 565 g/mol. The Bertz CT molecular complexity index is 1190. The predicted molar refractivity (Wildman–Crippen MR) is 161 cm³/mol. The molecular weight excluding hydrogens is 532 g/mol. The van der Waals surface area contributed by atoms with E-state index in [-0.39, 0.29) is 23.3 Å². The van der Waals surface area contributed by atoms with Gasteiger partial charge in [0.25, 0.3) is 11.8 Å². The Morgan fingerprint density at radius 2 is 0.949 bits per heavy atom. The lowest BCUT2D eigenvalue weighted by molar-refractivity contribution is -0.116. The SMILES string of the molecule is O=C1NC(=NCCCCCCCCCN=C2NC(=O)/C(=C/c3ccc(O)cc3)S2)S/C1=C\c1ccc(O)cc1. The van der Waals surface area contributed by atoms with Gasteiger partial charge in [-0.05, 0) is 83.9 Å². The van der Waals surface area contributed by atoms with Crippen LogP contribution in [0.2, 0.25) is 0 Å². The van der Waals surface area contributed by atoms with Gasteiger partial charge in [0.1, 0.15) is 11.5 Å². The number of phenolic OH excluding ortho intramolecular Hbond substituents is 2. The van der Waals surface area contributed by atoms with Gasteiger partial charge in [0, 0.05) is 13.1 Å². The number of aliphatic imine (C=N–C) groups is 2. The van der Waals surface area contributed by atoms with Crippen LogP contribution in [0.5, 0.6) is 11.5 Å². The molecule has 2 fully saturated rings. The van der Waals surface area contributed by atoms with Gasteiger partial charge in [-0.25, -0.2) is 0 Å². The largest absolute Gasteiger partial charge is 0.508 e. The van der Waals surface area contributed by atoms with Crippen molar-refractivity contribution in [2.75, 3.05) is 13.1 Å². The normalized spacial score (nSPS) is 19.4. The summed E-state index contributed by atoms with van der Waals surface area (Å²) in [7, 11) is 0. The molecule has 0 radical (unpaired) electrons.